The Hall–Kier alpha value is -2.22. The molecule has 1 aliphatic heterocycles. The van der Waals surface area contributed by atoms with E-state index >= 15 is 0 Å². The molecule has 3 aromatic rings. The number of anilines is 1. The maximum atomic E-state index is 13.1. The number of rotatable bonds is 6. The van der Waals surface area contributed by atoms with Gasteiger partial charge in [0.1, 0.15) is 0 Å². The molecule has 1 fully saturated rings. The Bertz CT molecular complexity index is 1080. The van der Waals surface area contributed by atoms with E-state index in [4.69, 9.17) is 16.3 Å². The second kappa shape index (κ2) is 8.03. The first-order chi connectivity index (χ1) is 13.5. The molecule has 146 valence electrons. The topological polar surface area (TPSA) is 81.2 Å². The van der Waals surface area contributed by atoms with Crippen molar-refractivity contribution in [2.24, 2.45) is 0 Å². The molecule has 0 radical (unpaired) electrons. The number of fused-ring (bicyclic) bond motifs is 1. The van der Waals surface area contributed by atoms with E-state index in [1.165, 1.54) is 0 Å². The number of para-hydroxylation sites is 2. The lowest BCUT2D eigenvalue weighted by Crippen LogP contribution is -2.21. The molecule has 0 unspecified atom stereocenters. The smallest absolute Gasteiger partial charge is 0.203 e. The Labute approximate surface area is 168 Å². The van der Waals surface area contributed by atoms with E-state index in [0.29, 0.717) is 28.2 Å². The number of halogens is 1. The maximum Gasteiger partial charge on any atom is 0.203 e. The average molecular weight is 418 g/mol. The largest absolute Gasteiger partial charge is 0.376 e. The van der Waals surface area contributed by atoms with Gasteiger partial charge in [0, 0.05) is 18.2 Å². The van der Waals surface area contributed by atoms with Crippen LogP contribution in [-0.2, 0) is 20.3 Å². The quantitative estimate of drug-likeness (QED) is 0.656. The molecular formula is C20H20ClN3O3S. The van der Waals surface area contributed by atoms with Crippen LogP contribution in [0.15, 0.2) is 53.6 Å². The molecule has 0 amide bonds. The molecule has 1 aliphatic rings. The van der Waals surface area contributed by atoms with Crippen LogP contribution in [0.5, 0.6) is 0 Å². The molecule has 6 nitrogen and oxygen atoms in total. The Kier molecular flexibility index (Phi) is 5.48. The summed E-state index contributed by atoms with van der Waals surface area (Å²) in [5.41, 5.74) is 1.83. The van der Waals surface area contributed by atoms with Gasteiger partial charge in [-0.15, -0.1) is 0 Å². The van der Waals surface area contributed by atoms with Crippen LogP contribution in [0.3, 0.4) is 0 Å². The molecule has 1 aromatic heterocycles. The fraction of sp³-hybridized carbons (Fsp3) is 0.300. The standard InChI is InChI=1S/C20H20ClN3O3S/c21-15-9-7-14(8-10-15)13-28(25,26)20-19(22-12-16-4-3-11-27-16)23-17-5-1-2-6-18(17)24-20/h1-2,5-10,16H,3-4,11-13H2,(H,22,23)/t16-/m1/s1. The molecule has 1 N–H and O–H groups in total. The highest BCUT2D eigenvalue weighted by Crippen LogP contribution is 2.25. The predicted molar refractivity (Wildman–Crippen MR) is 109 cm³/mol. The van der Waals surface area contributed by atoms with Gasteiger partial charge in [-0.1, -0.05) is 35.9 Å². The summed E-state index contributed by atoms with van der Waals surface area (Å²) in [5, 5.41) is 3.67. The van der Waals surface area contributed by atoms with Crippen molar-refractivity contribution < 1.29 is 13.2 Å². The minimum absolute atomic E-state index is 0.0425. The maximum absolute atomic E-state index is 13.1. The van der Waals surface area contributed by atoms with Crippen molar-refractivity contribution in [1.29, 1.82) is 0 Å². The van der Waals surface area contributed by atoms with Crippen LogP contribution in [0.4, 0.5) is 5.82 Å². The molecule has 0 bridgehead atoms. The Morgan fingerprint density at radius 1 is 1.07 bits per heavy atom. The van der Waals surface area contributed by atoms with Crippen molar-refractivity contribution in [3.8, 4) is 0 Å². The van der Waals surface area contributed by atoms with Gasteiger partial charge in [0.05, 0.1) is 22.9 Å². The SMILES string of the molecule is O=S(=O)(Cc1ccc(Cl)cc1)c1nc2ccccc2nc1NC[C@H]1CCCO1. The number of sulfone groups is 1. The second-order valence-electron chi connectivity index (χ2n) is 6.77. The predicted octanol–water partition coefficient (Wildman–Crippen LogP) is 3.85. The third kappa shape index (κ3) is 4.27. The van der Waals surface area contributed by atoms with Crippen LogP contribution in [0.25, 0.3) is 11.0 Å². The zero-order valence-corrected chi connectivity index (χ0v) is 16.7. The van der Waals surface area contributed by atoms with Gasteiger partial charge < -0.3 is 10.1 Å². The lowest BCUT2D eigenvalue weighted by atomic mass is 10.2. The highest BCUT2D eigenvalue weighted by Gasteiger charge is 2.25. The first kappa shape index (κ1) is 19.1. The molecule has 28 heavy (non-hydrogen) atoms. The lowest BCUT2D eigenvalue weighted by Gasteiger charge is -2.15. The molecule has 8 heteroatoms. The fourth-order valence-corrected chi connectivity index (χ4v) is 4.74. The van der Waals surface area contributed by atoms with Crippen molar-refractivity contribution in [2.75, 3.05) is 18.5 Å². The summed E-state index contributed by atoms with van der Waals surface area (Å²) < 4.78 is 31.9. The van der Waals surface area contributed by atoms with Gasteiger partial charge in [-0.25, -0.2) is 18.4 Å². The molecule has 2 aromatic carbocycles. The van der Waals surface area contributed by atoms with E-state index in [0.717, 1.165) is 19.4 Å². The molecule has 2 heterocycles. The van der Waals surface area contributed by atoms with Crippen LogP contribution >= 0.6 is 11.6 Å². The molecule has 0 spiro atoms. The minimum atomic E-state index is -3.71. The summed E-state index contributed by atoms with van der Waals surface area (Å²) in [5.74, 6) is 0.0920. The van der Waals surface area contributed by atoms with Gasteiger partial charge in [0.15, 0.2) is 10.8 Å². The van der Waals surface area contributed by atoms with Crippen LogP contribution in [0, 0.1) is 0 Å². The van der Waals surface area contributed by atoms with E-state index < -0.39 is 9.84 Å². The van der Waals surface area contributed by atoms with Crippen molar-refractivity contribution in [1.82, 2.24) is 9.97 Å². The van der Waals surface area contributed by atoms with E-state index in [-0.39, 0.29) is 22.7 Å². The van der Waals surface area contributed by atoms with Gasteiger partial charge in [0.2, 0.25) is 9.84 Å². The van der Waals surface area contributed by atoms with E-state index in [1.54, 1.807) is 30.3 Å². The molecule has 1 atom stereocenters. The lowest BCUT2D eigenvalue weighted by molar-refractivity contribution is 0.120. The first-order valence-electron chi connectivity index (χ1n) is 9.11. The summed E-state index contributed by atoms with van der Waals surface area (Å²) in [6.07, 6.45) is 2.01. The zero-order valence-electron chi connectivity index (χ0n) is 15.1. The zero-order chi connectivity index (χ0) is 19.6. The number of benzene rings is 2. The summed E-state index contributed by atoms with van der Waals surface area (Å²) in [4.78, 5) is 8.95. The van der Waals surface area contributed by atoms with Crippen LogP contribution in [0.1, 0.15) is 18.4 Å². The summed E-state index contributed by atoms with van der Waals surface area (Å²) >= 11 is 5.90. The van der Waals surface area contributed by atoms with E-state index in [2.05, 4.69) is 15.3 Å². The monoisotopic (exact) mass is 417 g/mol. The van der Waals surface area contributed by atoms with Crippen molar-refractivity contribution in [3.05, 3.63) is 59.1 Å². The second-order valence-corrected chi connectivity index (χ2v) is 9.11. The Balaban J connectivity index is 1.69. The fourth-order valence-electron chi connectivity index (χ4n) is 3.20. The first-order valence-corrected chi connectivity index (χ1v) is 11.1. The van der Waals surface area contributed by atoms with Gasteiger partial charge in [0.25, 0.3) is 0 Å². The number of aromatic nitrogens is 2. The minimum Gasteiger partial charge on any atom is -0.376 e. The third-order valence-corrected chi connectivity index (χ3v) is 6.46. The molecule has 4 rings (SSSR count). The van der Waals surface area contributed by atoms with Crippen LogP contribution in [-0.4, -0.2) is 37.6 Å². The number of hydrogen-bond donors (Lipinski definition) is 1. The highest BCUT2D eigenvalue weighted by atomic mass is 35.5. The average Bonchev–Trinajstić information content (AvgIpc) is 3.21. The van der Waals surface area contributed by atoms with Gasteiger partial charge in [-0.05, 0) is 42.7 Å². The molecule has 0 saturated carbocycles. The van der Waals surface area contributed by atoms with Crippen molar-refractivity contribution in [3.63, 3.8) is 0 Å². The van der Waals surface area contributed by atoms with Crippen LogP contribution < -0.4 is 5.32 Å². The highest BCUT2D eigenvalue weighted by molar-refractivity contribution is 7.90. The Morgan fingerprint density at radius 2 is 1.79 bits per heavy atom. The summed E-state index contributed by atoms with van der Waals surface area (Å²) in [6.45, 7) is 1.23. The number of nitrogens with one attached hydrogen (secondary N) is 1. The molecule has 1 saturated heterocycles. The number of nitrogens with zero attached hydrogens (tertiary/aromatic N) is 2. The van der Waals surface area contributed by atoms with Gasteiger partial charge in [-0.2, -0.15) is 0 Å². The number of ether oxygens (including phenoxy) is 1. The van der Waals surface area contributed by atoms with E-state index in [1.807, 2.05) is 18.2 Å². The van der Waals surface area contributed by atoms with Crippen molar-refractivity contribution in [2.45, 2.75) is 29.7 Å². The Morgan fingerprint density at radius 3 is 2.46 bits per heavy atom. The molecular weight excluding hydrogens is 398 g/mol. The van der Waals surface area contributed by atoms with E-state index in [9.17, 15) is 8.42 Å². The third-order valence-electron chi connectivity index (χ3n) is 4.62. The number of hydrogen-bond acceptors (Lipinski definition) is 6. The summed E-state index contributed by atoms with van der Waals surface area (Å²) in [7, 11) is -3.71. The van der Waals surface area contributed by atoms with Gasteiger partial charge in [-0.3, -0.25) is 0 Å². The normalized spacial score (nSPS) is 17.1. The summed E-state index contributed by atoms with van der Waals surface area (Å²) in [6, 6.07) is 14.0. The van der Waals surface area contributed by atoms with Crippen molar-refractivity contribution >= 4 is 38.3 Å². The van der Waals surface area contributed by atoms with Crippen LogP contribution in [0.2, 0.25) is 5.02 Å². The van der Waals surface area contributed by atoms with Gasteiger partial charge >= 0.3 is 0 Å². The molecule has 0 aliphatic carbocycles.